The lowest BCUT2D eigenvalue weighted by Gasteiger charge is -2.02. The molecule has 0 aromatic carbocycles. The van der Waals surface area contributed by atoms with Crippen molar-refractivity contribution < 1.29 is 4.79 Å². The zero-order valence-electron chi connectivity index (χ0n) is 6.16. The molecule has 0 aliphatic carbocycles. The van der Waals surface area contributed by atoms with Crippen molar-refractivity contribution in [3.63, 3.8) is 0 Å². The van der Waals surface area contributed by atoms with Crippen LogP contribution in [0.15, 0.2) is 9.98 Å². The SMILES string of the molecule is NC(=O)C(N)Cc1ncc(Br)s1. The molecule has 66 valence electrons. The van der Waals surface area contributed by atoms with Crippen molar-refractivity contribution in [2.45, 2.75) is 12.5 Å². The molecule has 1 aromatic rings. The van der Waals surface area contributed by atoms with Gasteiger partial charge in [0.05, 0.1) is 21.0 Å². The van der Waals surface area contributed by atoms with Crippen molar-refractivity contribution >= 4 is 33.2 Å². The minimum Gasteiger partial charge on any atom is -0.368 e. The van der Waals surface area contributed by atoms with Gasteiger partial charge in [0.15, 0.2) is 0 Å². The van der Waals surface area contributed by atoms with Crippen LogP contribution in [0.2, 0.25) is 0 Å². The van der Waals surface area contributed by atoms with Gasteiger partial charge in [0.2, 0.25) is 5.91 Å². The maximum absolute atomic E-state index is 10.6. The number of carbonyl (C=O) groups is 1. The molecule has 4 N–H and O–H groups in total. The van der Waals surface area contributed by atoms with E-state index in [1.54, 1.807) is 6.20 Å². The number of nitrogens with zero attached hydrogens (tertiary/aromatic N) is 1. The minimum absolute atomic E-state index is 0.408. The minimum atomic E-state index is -0.636. The summed E-state index contributed by atoms with van der Waals surface area (Å²) in [5.74, 6) is -0.499. The standard InChI is InChI=1S/C6H8BrN3OS/c7-4-2-10-5(12-4)1-3(8)6(9)11/h2-3H,1,8H2,(H2,9,11). The Balaban J connectivity index is 2.58. The molecule has 0 spiro atoms. The van der Waals surface area contributed by atoms with E-state index in [0.717, 1.165) is 8.79 Å². The number of hydrogen-bond donors (Lipinski definition) is 2. The maximum atomic E-state index is 10.6. The van der Waals surface area contributed by atoms with E-state index in [-0.39, 0.29) is 0 Å². The smallest absolute Gasteiger partial charge is 0.234 e. The number of thiazole rings is 1. The third kappa shape index (κ3) is 2.54. The van der Waals surface area contributed by atoms with E-state index in [4.69, 9.17) is 11.5 Å². The zero-order chi connectivity index (χ0) is 9.14. The first-order chi connectivity index (χ1) is 5.59. The first kappa shape index (κ1) is 9.63. The molecule has 1 heterocycles. The lowest BCUT2D eigenvalue weighted by molar-refractivity contribution is -0.119. The monoisotopic (exact) mass is 249 g/mol. The summed E-state index contributed by atoms with van der Waals surface area (Å²) in [5, 5.41) is 0.813. The molecule has 4 nitrogen and oxygen atoms in total. The Morgan fingerprint density at radius 2 is 2.50 bits per heavy atom. The second-order valence-corrected chi connectivity index (χ2v) is 4.77. The summed E-state index contributed by atoms with van der Waals surface area (Å²) in [6.45, 7) is 0. The molecule has 1 atom stereocenters. The molecule has 0 aliphatic rings. The Morgan fingerprint density at radius 1 is 1.83 bits per heavy atom. The molecule has 0 saturated carbocycles. The van der Waals surface area contributed by atoms with E-state index in [0.29, 0.717) is 6.42 Å². The zero-order valence-corrected chi connectivity index (χ0v) is 8.56. The first-order valence-electron chi connectivity index (χ1n) is 3.24. The van der Waals surface area contributed by atoms with Crippen molar-refractivity contribution in [3.8, 4) is 0 Å². The number of aromatic nitrogens is 1. The van der Waals surface area contributed by atoms with Gasteiger partial charge in [0, 0.05) is 6.42 Å². The van der Waals surface area contributed by atoms with Crippen molar-refractivity contribution in [2.24, 2.45) is 11.5 Å². The summed E-state index contributed by atoms with van der Waals surface area (Å²) < 4.78 is 0.925. The number of hydrogen-bond acceptors (Lipinski definition) is 4. The number of rotatable bonds is 3. The molecule has 1 aromatic heterocycles. The van der Waals surface area contributed by atoms with Crippen LogP contribution in [0.4, 0.5) is 0 Å². The van der Waals surface area contributed by atoms with Gasteiger partial charge in [0.25, 0.3) is 0 Å². The molecule has 0 saturated heterocycles. The summed E-state index contributed by atoms with van der Waals surface area (Å²) in [6.07, 6.45) is 2.08. The molecule has 0 bridgehead atoms. The Morgan fingerprint density at radius 3 is 2.92 bits per heavy atom. The first-order valence-corrected chi connectivity index (χ1v) is 4.85. The van der Waals surface area contributed by atoms with E-state index in [2.05, 4.69) is 20.9 Å². The van der Waals surface area contributed by atoms with Gasteiger partial charge in [-0.2, -0.15) is 0 Å². The number of nitrogens with two attached hydrogens (primary N) is 2. The summed E-state index contributed by atoms with van der Waals surface area (Å²) in [6, 6.07) is -0.636. The van der Waals surface area contributed by atoms with E-state index in [1.165, 1.54) is 11.3 Å². The molecule has 6 heteroatoms. The molecular formula is C6H8BrN3OS. The average molecular weight is 250 g/mol. The molecule has 0 aliphatic heterocycles. The van der Waals surface area contributed by atoms with Crippen LogP contribution >= 0.6 is 27.3 Å². The van der Waals surface area contributed by atoms with E-state index in [1.807, 2.05) is 0 Å². The molecular weight excluding hydrogens is 242 g/mol. The fourth-order valence-corrected chi connectivity index (χ4v) is 2.03. The summed E-state index contributed by atoms with van der Waals surface area (Å²) in [5.41, 5.74) is 10.4. The van der Waals surface area contributed by atoms with Crippen LogP contribution < -0.4 is 11.5 Å². The van der Waals surface area contributed by atoms with Crippen LogP contribution in [0.3, 0.4) is 0 Å². The quantitative estimate of drug-likeness (QED) is 0.807. The van der Waals surface area contributed by atoms with Crippen LogP contribution in [0.1, 0.15) is 5.01 Å². The van der Waals surface area contributed by atoms with Gasteiger partial charge in [0.1, 0.15) is 0 Å². The van der Waals surface area contributed by atoms with Gasteiger partial charge in [-0.05, 0) is 15.9 Å². The van der Waals surface area contributed by atoms with Crippen LogP contribution in [-0.2, 0) is 11.2 Å². The van der Waals surface area contributed by atoms with Crippen LogP contribution in [0.5, 0.6) is 0 Å². The molecule has 1 unspecified atom stereocenters. The third-order valence-electron chi connectivity index (χ3n) is 1.29. The highest BCUT2D eigenvalue weighted by atomic mass is 79.9. The molecule has 0 fully saturated rings. The van der Waals surface area contributed by atoms with Crippen molar-refractivity contribution in [1.29, 1.82) is 0 Å². The Hall–Kier alpha value is -0.460. The Labute approximate surface area is 82.1 Å². The second kappa shape index (κ2) is 3.97. The van der Waals surface area contributed by atoms with E-state index < -0.39 is 11.9 Å². The number of halogens is 1. The van der Waals surface area contributed by atoms with Gasteiger partial charge in [-0.15, -0.1) is 11.3 Å². The van der Waals surface area contributed by atoms with E-state index >= 15 is 0 Å². The van der Waals surface area contributed by atoms with Crippen molar-refractivity contribution in [2.75, 3.05) is 0 Å². The number of amides is 1. The largest absolute Gasteiger partial charge is 0.368 e. The molecule has 0 radical (unpaired) electrons. The summed E-state index contributed by atoms with van der Waals surface area (Å²) >= 11 is 4.71. The van der Waals surface area contributed by atoms with E-state index in [9.17, 15) is 4.79 Å². The van der Waals surface area contributed by atoms with Crippen molar-refractivity contribution in [1.82, 2.24) is 4.98 Å². The normalized spacial score (nSPS) is 12.8. The van der Waals surface area contributed by atoms with Crippen LogP contribution in [0.25, 0.3) is 0 Å². The van der Waals surface area contributed by atoms with Gasteiger partial charge >= 0.3 is 0 Å². The second-order valence-electron chi connectivity index (χ2n) is 2.27. The Kier molecular flexibility index (Phi) is 3.19. The predicted octanol–water partition coefficient (Wildman–Crippen LogP) is 0.261. The number of carbonyl (C=O) groups excluding carboxylic acids is 1. The topological polar surface area (TPSA) is 82.0 Å². The lowest BCUT2D eigenvalue weighted by Crippen LogP contribution is -2.38. The van der Waals surface area contributed by atoms with Gasteiger partial charge < -0.3 is 11.5 Å². The average Bonchev–Trinajstić information content (AvgIpc) is 2.35. The molecule has 12 heavy (non-hydrogen) atoms. The van der Waals surface area contributed by atoms with Crippen LogP contribution in [0, 0.1) is 0 Å². The van der Waals surface area contributed by atoms with Gasteiger partial charge in [-0.3, -0.25) is 4.79 Å². The van der Waals surface area contributed by atoms with Gasteiger partial charge in [-0.1, -0.05) is 0 Å². The Bertz CT molecular complexity index is 288. The highest BCUT2D eigenvalue weighted by molar-refractivity contribution is 9.11. The summed E-state index contributed by atoms with van der Waals surface area (Å²) in [7, 11) is 0. The highest BCUT2D eigenvalue weighted by Gasteiger charge is 2.11. The fraction of sp³-hybridized carbons (Fsp3) is 0.333. The molecule has 1 rings (SSSR count). The fourth-order valence-electron chi connectivity index (χ4n) is 0.671. The van der Waals surface area contributed by atoms with Crippen molar-refractivity contribution in [3.05, 3.63) is 15.0 Å². The van der Waals surface area contributed by atoms with Crippen LogP contribution in [-0.4, -0.2) is 16.9 Å². The van der Waals surface area contributed by atoms with Gasteiger partial charge in [-0.25, -0.2) is 4.98 Å². The maximum Gasteiger partial charge on any atom is 0.234 e. The predicted molar refractivity (Wildman–Crippen MR) is 50.7 cm³/mol. The highest BCUT2D eigenvalue weighted by Crippen LogP contribution is 2.19. The number of primary amides is 1. The third-order valence-corrected chi connectivity index (χ3v) is 2.78. The lowest BCUT2D eigenvalue weighted by atomic mass is 10.2. The summed E-state index contributed by atoms with van der Waals surface area (Å²) in [4.78, 5) is 14.6. The molecule has 1 amide bonds.